The fourth-order valence-electron chi connectivity index (χ4n) is 18.4. The van der Waals surface area contributed by atoms with E-state index in [0.29, 0.717) is 35.4 Å². The van der Waals surface area contributed by atoms with Gasteiger partial charge in [0.25, 0.3) is 11.3 Å². The Balaban J connectivity index is 0.000000124. The van der Waals surface area contributed by atoms with Gasteiger partial charge in [-0.15, -0.1) is 52.7 Å². The summed E-state index contributed by atoms with van der Waals surface area (Å²) in [4.78, 5) is 30.2. The minimum Gasteiger partial charge on any atom is -0.702 e. The molecule has 698 valence electrons. The Morgan fingerprint density at radius 1 is 0.561 bits per heavy atom. The van der Waals surface area contributed by atoms with Gasteiger partial charge in [-0.05, 0) is 161 Å². The molecule has 2 N–H and O–H groups in total. The number of fused-ring (bicyclic) bond motifs is 15. The molecular formula is C121H108F2Ir2N11O3-. The number of hydrogen-bond donors (Lipinski definition) is 1. The molecule has 24 rings (SSSR count). The van der Waals surface area contributed by atoms with Gasteiger partial charge in [-0.25, -0.2) is 4.57 Å². The molecule has 18 heteroatoms. The van der Waals surface area contributed by atoms with Crippen LogP contribution in [0.1, 0.15) is 115 Å². The Morgan fingerprint density at radius 3 is 1.84 bits per heavy atom. The molecule has 1 atom stereocenters. The van der Waals surface area contributed by atoms with Crippen molar-refractivity contribution in [2.24, 2.45) is 4.99 Å². The van der Waals surface area contributed by atoms with Crippen molar-refractivity contribution in [2.75, 3.05) is 11.9 Å². The van der Waals surface area contributed by atoms with E-state index < -0.39 is 11.6 Å². The topological polar surface area (TPSA) is 149 Å². The molecule has 139 heavy (non-hydrogen) atoms. The van der Waals surface area contributed by atoms with Crippen LogP contribution in [0.5, 0.6) is 0 Å². The number of aliphatic imine (C=N–C) groups is 1. The SMILES string of the molecule is CC(=O)C=C(C)O.CC(C)c1cccc(C(C)C)c1-n1cc[n+]2c1-c1ccccc1C2.CC(C)n1nc2c3ccccc3c3cccc4c3c2[n+]1C4.CC([NH-])=CC(C)=Nc1ccccc1.CN1C=CN2c3c(ccc4c3oc3ccccc34)CC12.Fc1c[c-]c(-c2nccc3ccccc23)c(F)c1.[Ir].[Ir].[c-]1ccccc1-c1cc(-c2ccccc2)c2cc(-c3ccccc3)ccc2n1.c1ccccc1. The predicted molar refractivity (Wildman–Crippen MR) is 557 cm³/mol. The second-order valence-corrected chi connectivity index (χ2v) is 35.3. The Kier molecular flexibility index (Phi) is 31.8. The molecule has 0 saturated heterocycles. The van der Waals surface area contributed by atoms with Gasteiger partial charge in [0.1, 0.15) is 49.0 Å². The van der Waals surface area contributed by atoms with Crippen molar-refractivity contribution in [3.8, 4) is 61.8 Å². The van der Waals surface area contributed by atoms with Gasteiger partial charge in [-0.1, -0.05) is 307 Å². The first kappa shape index (κ1) is 98.5. The number of allylic oxidation sites excluding steroid dienone is 4. The Morgan fingerprint density at radius 2 is 1.18 bits per heavy atom. The summed E-state index contributed by atoms with van der Waals surface area (Å²) in [5.41, 5.74) is 33.4. The molecule has 1 unspecified atom stereocenters. The number of rotatable bonds is 11. The predicted octanol–water partition coefficient (Wildman–Crippen LogP) is 29.8. The number of ketones is 1. The van der Waals surface area contributed by atoms with Crippen molar-refractivity contribution < 1.29 is 72.6 Å². The molecule has 0 amide bonds. The maximum absolute atomic E-state index is 13.8. The summed E-state index contributed by atoms with van der Waals surface area (Å²) in [5, 5.41) is 23.9. The molecule has 0 fully saturated rings. The van der Waals surface area contributed by atoms with Gasteiger partial charge < -0.3 is 30.0 Å². The first-order valence-electron chi connectivity index (χ1n) is 46.4. The van der Waals surface area contributed by atoms with E-state index in [9.17, 15) is 13.6 Å². The van der Waals surface area contributed by atoms with Crippen molar-refractivity contribution in [3.63, 3.8) is 0 Å². The fourth-order valence-corrected chi connectivity index (χ4v) is 18.4. The minimum absolute atomic E-state index is 0. The van der Waals surface area contributed by atoms with Crippen LogP contribution in [0.3, 0.4) is 0 Å². The smallest absolute Gasteiger partial charge is 0.294 e. The number of likely N-dealkylation sites (N-methyl/N-ethyl adjacent to an activating group) is 1. The molecule has 5 aromatic heterocycles. The monoisotopic (exact) mass is 2190 g/mol. The van der Waals surface area contributed by atoms with Gasteiger partial charge in [0.15, 0.2) is 11.4 Å². The van der Waals surface area contributed by atoms with E-state index in [1.807, 2.05) is 146 Å². The van der Waals surface area contributed by atoms with Crippen LogP contribution < -0.4 is 14.1 Å². The van der Waals surface area contributed by atoms with Crippen molar-refractivity contribution in [1.29, 1.82) is 0 Å². The van der Waals surface area contributed by atoms with Crippen molar-refractivity contribution in [2.45, 2.75) is 113 Å². The number of aliphatic hydroxyl groups excluding tert-OH is 1. The zero-order chi connectivity index (χ0) is 95.3. The van der Waals surface area contributed by atoms with Crippen LogP contribution >= 0.6 is 0 Å². The number of hydrogen-bond acceptors (Lipinski definition) is 9. The molecular weight excluding hydrogens is 2080 g/mol. The summed E-state index contributed by atoms with van der Waals surface area (Å²) < 4.78 is 39.9. The second kappa shape index (κ2) is 44.8. The van der Waals surface area contributed by atoms with Gasteiger partial charge in [-0.2, -0.15) is 10.3 Å². The third kappa shape index (κ3) is 22.0. The van der Waals surface area contributed by atoms with E-state index in [0.717, 1.165) is 92.7 Å². The molecule has 2 radical (unpaired) electrons. The van der Waals surface area contributed by atoms with E-state index in [1.54, 1.807) is 19.2 Å². The molecule has 0 saturated carbocycles. The molecule has 20 aromatic rings. The average Bonchev–Trinajstić information content (AvgIpc) is 1.55. The Bertz CT molecular complexity index is 7830. The summed E-state index contributed by atoms with van der Waals surface area (Å²) in [6.45, 7) is 21.9. The van der Waals surface area contributed by atoms with E-state index in [1.165, 1.54) is 131 Å². The normalized spacial score (nSPS) is 12.9. The summed E-state index contributed by atoms with van der Waals surface area (Å²) in [5.74, 6) is 0.945. The maximum Gasteiger partial charge on any atom is 0.294 e. The summed E-state index contributed by atoms with van der Waals surface area (Å²) in [6.07, 6.45) is 14.7. The first-order chi connectivity index (χ1) is 66.6. The number of pyridine rings is 2. The van der Waals surface area contributed by atoms with E-state index in [4.69, 9.17) is 25.3 Å². The molecule has 0 aliphatic carbocycles. The van der Waals surface area contributed by atoms with Crippen LogP contribution in [0.4, 0.5) is 20.2 Å². The molecule has 4 aliphatic heterocycles. The quantitative estimate of drug-likeness (QED) is 0.0336. The second-order valence-electron chi connectivity index (χ2n) is 35.3. The van der Waals surface area contributed by atoms with E-state index >= 15 is 0 Å². The van der Waals surface area contributed by atoms with Gasteiger partial charge in [0.2, 0.25) is 5.52 Å². The summed E-state index contributed by atoms with van der Waals surface area (Å²) in [6, 6.07) is 121. The number of benzene rings is 15. The number of carbonyl (C=O) groups excluding carboxylic acids is 1. The van der Waals surface area contributed by atoms with Gasteiger partial charge in [0.05, 0.1) is 28.2 Å². The number of imidazole rings is 1. The average molecular weight is 2190 g/mol. The number of para-hydroxylation sites is 3. The van der Waals surface area contributed by atoms with Gasteiger partial charge in [-0.3, -0.25) is 23.6 Å². The van der Waals surface area contributed by atoms with Crippen LogP contribution in [0.2, 0.25) is 0 Å². The number of halogens is 2. The van der Waals surface area contributed by atoms with Crippen LogP contribution in [-0.2, 0) is 64.5 Å². The fraction of sp³-hybridized carbons (Fsp3) is 0.149. The van der Waals surface area contributed by atoms with Gasteiger partial charge in [0, 0.05) is 150 Å². The van der Waals surface area contributed by atoms with Crippen LogP contribution in [0.15, 0.2) is 404 Å². The van der Waals surface area contributed by atoms with Crippen LogP contribution in [0, 0.1) is 23.8 Å². The number of carbonyl (C=O) groups is 1. The van der Waals surface area contributed by atoms with Gasteiger partial charge >= 0.3 is 0 Å². The van der Waals surface area contributed by atoms with E-state index in [2.05, 4.69) is 312 Å². The van der Waals surface area contributed by atoms with Crippen molar-refractivity contribution >= 4 is 99.1 Å². The number of aliphatic hydroxyl groups is 1. The molecule has 4 aliphatic rings. The molecule has 15 aromatic carbocycles. The Hall–Kier alpha value is -15.0. The van der Waals surface area contributed by atoms with E-state index in [-0.39, 0.29) is 57.3 Å². The zero-order valence-electron chi connectivity index (χ0n) is 79.5. The number of nitrogens with one attached hydrogen (secondary N) is 1. The van der Waals surface area contributed by atoms with Crippen molar-refractivity contribution in [1.82, 2.24) is 29.3 Å². The number of anilines is 1. The number of furan rings is 1. The molecule has 14 nitrogen and oxygen atoms in total. The number of nitrogens with zero attached hydrogens (tertiary/aromatic N) is 10. The summed E-state index contributed by atoms with van der Waals surface area (Å²) in [7, 11) is 2.13. The molecule has 0 bridgehead atoms. The summed E-state index contributed by atoms with van der Waals surface area (Å²) >= 11 is 0. The Labute approximate surface area is 837 Å². The third-order valence-corrected chi connectivity index (χ3v) is 24.5. The minimum atomic E-state index is -0.654. The van der Waals surface area contributed by atoms with Crippen LogP contribution in [0.25, 0.3) is 144 Å². The largest absolute Gasteiger partial charge is 0.702 e. The molecule has 9 heterocycles. The number of aromatic nitrogens is 7. The third-order valence-electron chi connectivity index (χ3n) is 24.5. The first-order valence-corrected chi connectivity index (χ1v) is 46.4. The zero-order valence-corrected chi connectivity index (χ0v) is 84.3. The standard InChI is InChI=1S/C27H18N.C22H25N2.C18H16N3.C17H14N2O.C15H8F2N.C11H13N2.C6H6.C5H8O2.2Ir/c1-4-10-20(11-5-1)23-16-17-26-25(18-23)24(21-12-6-2-7-13-21)19-27(28-26)22-14-8-3-9-15-22;1-15(2)18-10-7-11-19(16(3)4)21(18)24-13-12-23-14-17-8-5-6-9-20(17)22(23)24;1-11(2)21-19-17-15-8-4-3-7-13(15)14-9-5-6-12-10-20(21)18(17)16(12)14;1-18-8-9-19-15(18)10-11-6-7-13-12-4-2-3-5-14(12)20-17(13)16(11)19;16-11-5-6-13(14(17)9-11)15-12-4-2-1-3-10(12)7-8-18-15;1-9(12)8-10(2)13-11-6-4-3-5-7-11;1-2-4-6-5-3-1;1-4(6)3-5(2)7;;/h1-14,16-19H;5-13,15-16H,14H2,1-4H3;3-9,11H,10H2,1-2H3;2-9,15H,10H2,1H3;1-5,7-9H;3-8,12H,1-2H3;1-6H;3,6H,1-2H3;;/q-1;2*+1;;2*-1;;;;. The van der Waals surface area contributed by atoms with Crippen LogP contribution in [-0.4, -0.2) is 59.1 Å². The van der Waals surface area contributed by atoms with Crippen molar-refractivity contribution in [3.05, 3.63) is 452 Å². The molecule has 0 spiro atoms. The maximum atomic E-state index is 13.8.